The lowest BCUT2D eigenvalue weighted by Crippen LogP contribution is -2.38. The Morgan fingerprint density at radius 3 is 2.93 bits per heavy atom. The zero-order valence-corrected chi connectivity index (χ0v) is 9.46. The molecule has 2 unspecified atom stereocenters. The molecule has 0 aliphatic heterocycles. The Hall–Kier alpha value is -0.610. The molecule has 0 spiro atoms. The van der Waals surface area contributed by atoms with Crippen LogP contribution in [0.1, 0.15) is 32.6 Å². The van der Waals surface area contributed by atoms with Gasteiger partial charge in [-0.3, -0.25) is 4.79 Å². The van der Waals surface area contributed by atoms with E-state index in [4.69, 9.17) is 0 Å². The lowest BCUT2D eigenvalue weighted by Gasteiger charge is -2.25. The van der Waals surface area contributed by atoms with E-state index in [1.807, 2.05) is 6.92 Å². The second kappa shape index (κ2) is 6.80. The van der Waals surface area contributed by atoms with Gasteiger partial charge in [-0.2, -0.15) is 0 Å². The third-order valence-corrected chi connectivity index (χ3v) is 2.88. The molecule has 0 aromatic carbocycles. The lowest BCUT2D eigenvalue weighted by atomic mass is 9.87. The lowest BCUT2D eigenvalue weighted by molar-refractivity contribution is -0.120. The maximum Gasteiger partial charge on any atom is 0.233 e. The van der Waals surface area contributed by atoms with Crippen molar-refractivity contribution in [1.82, 2.24) is 10.6 Å². The van der Waals surface area contributed by atoms with Gasteiger partial charge in [0, 0.05) is 6.54 Å². The highest BCUT2D eigenvalue weighted by Crippen LogP contribution is 2.23. The van der Waals surface area contributed by atoms with Crippen LogP contribution in [-0.4, -0.2) is 36.8 Å². The first-order valence-electron chi connectivity index (χ1n) is 5.87. The van der Waals surface area contributed by atoms with Crippen LogP contribution in [0.2, 0.25) is 0 Å². The van der Waals surface area contributed by atoms with E-state index in [1.165, 1.54) is 0 Å². The van der Waals surface area contributed by atoms with E-state index < -0.39 is 0 Å². The molecule has 1 saturated carbocycles. The molecule has 0 radical (unpaired) electrons. The molecule has 1 amide bonds. The van der Waals surface area contributed by atoms with E-state index in [0.29, 0.717) is 19.0 Å². The van der Waals surface area contributed by atoms with Crippen molar-refractivity contribution in [2.45, 2.75) is 38.7 Å². The number of carbonyl (C=O) groups excluding carboxylic acids is 1. The molecule has 1 fully saturated rings. The quantitative estimate of drug-likeness (QED) is 0.615. The topological polar surface area (TPSA) is 61.4 Å². The number of hydrogen-bond acceptors (Lipinski definition) is 3. The second-order valence-electron chi connectivity index (χ2n) is 4.27. The normalized spacial score (nSPS) is 26.3. The fourth-order valence-corrected chi connectivity index (χ4v) is 2.01. The molecule has 2 atom stereocenters. The second-order valence-corrected chi connectivity index (χ2v) is 4.27. The van der Waals surface area contributed by atoms with Gasteiger partial charge in [-0.25, -0.2) is 0 Å². The van der Waals surface area contributed by atoms with Crippen LogP contribution < -0.4 is 10.6 Å². The van der Waals surface area contributed by atoms with Gasteiger partial charge in [0.2, 0.25) is 5.91 Å². The summed E-state index contributed by atoms with van der Waals surface area (Å²) in [6, 6.07) is 0. The molecule has 0 bridgehead atoms. The van der Waals surface area contributed by atoms with Crippen molar-refractivity contribution in [3.63, 3.8) is 0 Å². The molecule has 3 N–H and O–H groups in total. The Kier molecular flexibility index (Phi) is 5.65. The molecule has 1 aliphatic carbocycles. The molecule has 0 heterocycles. The third-order valence-electron chi connectivity index (χ3n) is 2.88. The summed E-state index contributed by atoms with van der Waals surface area (Å²) >= 11 is 0. The van der Waals surface area contributed by atoms with Gasteiger partial charge < -0.3 is 15.7 Å². The Bertz CT molecular complexity index is 197. The predicted molar refractivity (Wildman–Crippen MR) is 59.5 cm³/mol. The van der Waals surface area contributed by atoms with Gasteiger partial charge >= 0.3 is 0 Å². The number of rotatable bonds is 5. The van der Waals surface area contributed by atoms with Gasteiger partial charge in [-0.05, 0) is 31.7 Å². The monoisotopic (exact) mass is 214 g/mol. The number of nitrogens with one attached hydrogen (secondary N) is 2. The van der Waals surface area contributed by atoms with Crippen LogP contribution in [0.5, 0.6) is 0 Å². The summed E-state index contributed by atoms with van der Waals surface area (Å²) in [7, 11) is 0. The van der Waals surface area contributed by atoms with Crippen LogP contribution in [0.3, 0.4) is 0 Å². The summed E-state index contributed by atoms with van der Waals surface area (Å²) in [4.78, 5) is 11.3. The summed E-state index contributed by atoms with van der Waals surface area (Å²) < 4.78 is 0. The van der Waals surface area contributed by atoms with Crippen LogP contribution in [0.15, 0.2) is 0 Å². The van der Waals surface area contributed by atoms with E-state index in [-0.39, 0.29) is 12.0 Å². The molecule has 4 heteroatoms. The van der Waals surface area contributed by atoms with E-state index >= 15 is 0 Å². The van der Waals surface area contributed by atoms with Crippen molar-refractivity contribution >= 4 is 5.91 Å². The molecular formula is C11H22N2O2. The average molecular weight is 214 g/mol. The average Bonchev–Trinajstić information content (AvgIpc) is 2.23. The molecule has 1 rings (SSSR count). The summed E-state index contributed by atoms with van der Waals surface area (Å²) in [5.74, 6) is 0.510. The SMILES string of the molecule is CCNCC(=O)NCC1CCCC(O)C1. The van der Waals surface area contributed by atoms with Crippen LogP contribution in [-0.2, 0) is 4.79 Å². The van der Waals surface area contributed by atoms with Crippen LogP contribution in [0.25, 0.3) is 0 Å². The van der Waals surface area contributed by atoms with Crippen LogP contribution in [0.4, 0.5) is 0 Å². The number of aliphatic hydroxyl groups excluding tert-OH is 1. The maximum atomic E-state index is 11.3. The van der Waals surface area contributed by atoms with Gasteiger partial charge in [-0.15, -0.1) is 0 Å². The minimum absolute atomic E-state index is 0.0527. The summed E-state index contributed by atoms with van der Waals surface area (Å²) in [5, 5.41) is 15.3. The van der Waals surface area contributed by atoms with Crippen LogP contribution in [0, 0.1) is 5.92 Å². The third kappa shape index (κ3) is 5.14. The van der Waals surface area contributed by atoms with Crippen molar-refractivity contribution in [2.24, 2.45) is 5.92 Å². The highest BCUT2D eigenvalue weighted by molar-refractivity contribution is 5.77. The zero-order chi connectivity index (χ0) is 11.1. The highest BCUT2D eigenvalue weighted by atomic mass is 16.3. The summed E-state index contributed by atoms with van der Waals surface area (Å²) in [6.45, 7) is 3.90. The standard InChI is InChI=1S/C11H22N2O2/c1-2-12-8-11(15)13-7-9-4-3-5-10(14)6-9/h9-10,12,14H,2-8H2,1H3,(H,13,15). The summed E-state index contributed by atoms with van der Waals surface area (Å²) in [6.07, 6.45) is 3.80. The van der Waals surface area contributed by atoms with Crippen molar-refractivity contribution < 1.29 is 9.90 Å². The predicted octanol–water partition coefficient (Wildman–Crippen LogP) is 0.263. The van der Waals surface area contributed by atoms with Gasteiger partial charge in [0.05, 0.1) is 12.6 Å². The van der Waals surface area contributed by atoms with E-state index in [9.17, 15) is 9.90 Å². The number of carbonyl (C=O) groups is 1. The molecule has 1 aliphatic rings. The van der Waals surface area contributed by atoms with Gasteiger partial charge in [0.1, 0.15) is 0 Å². The van der Waals surface area contributed by atoms with Crippen molar-refractivity contribution in [3.8, 4) is 0 Å². The first-order valence-corrected chi connectivity index (χ1v) is 5.87. The van der Waals surface area contributed by atoms with Gasteiger partial charge in [0.15, 0.2) is 0 Å². The Morgan fingerprint density at radius 1 is 1.47 bits per heavy atom. The Labute approximate surface area is 91.4 Å². The summed E-state index contributed by atoms with van der Waals surface area (Å²) in [5.41, 5.74) is 0. The smallest absolute Gasteiger partial charge is 0.233 e. The number of hydrogen-bond donors (Lipinski definition) is 3. The Balaban J connectivity index is 2.10. The fourth-order valence-electron chi connectivity index (χ4n) is 2.01. The van der Waals surface area contributed by atoms with Crippen molar-refractivity contribution in [1.29, 1.82) is 0 Å². The van der Waals surface area contributed by atoms with Gasteiger partial charge in [0.25, 0.3) is 0 Å². The maximum absolute atomic E-state index is 11.3. The molecule has 0 aromatic rings. The van der Waals surface area contributed by atoms with Gasteiger partial charge in [-0.1, -0.05) is 13.3 Å². The zero-order valence-electron chi connectivity index (χ0n) is 9.46. The minimum Gasteiger partial charge on any atom is -0.393 e. The number of likely N-dealkylation sites (N-methyl/N-ethyl adjacent to an activating group) is 1. The van der Waals surface area contributed by atoms with E-state index in [1.54, 1.807) is 0 Å². The molecule has 88 valence electrons. The van der Waals surface area contributed by atoms with Crippen molar-refractivity contribution in [2.75, 3.05) is 19.6 Å². The molecule has 15 heavy (non-hydrogen) atoms. The van der Waals surface area contributed by atoms with Crippen LogP contribution >= 0.6 is 0 Å². The highest BCUT2D eigenvalue weighted by Gasteiger charge is 2.20. The number of aliphatic hydroxyl groups is 1. The largest absolute Gasteiger partial charge is 0.393 e. The first kappa shape index (κ1) is 12.5. The molecule has 0 aromatic heterocycles. The number of amides is 1. The minimum atomic E-state index is -0.158. The fraction of sp³-hybridized carbons (Fsp3) is 0.909. The van der Waals surface area contributed by atoms with E-state index in [0.717, 1.165) is 32.2 Å². The Morgan fingerprint density at radius 2 is 2.27 bits per heavy atom. The van der Waals surface area contributed by atoms with E-state index in [2.05, 4.69) is 10.6 Å². The van der Waals surface area contributed by atoms with Crippen molar-refractivity contribution in [3.05, 3.63) is 0 Å². The first-order chi connectivity index (χ1) is 7.22. The molecule has 4 nitrogen and oxygen atoms in total. The molecule has 0 saturated heterocycles. The molecular weight excluding hydrogens is 192 g/mol.